The fraction of sp³-hybridized carbons (Fsp3) is 0.0476. The number of nitrogens with zero attached hydrogens (tertiary/aromatic N) is 4. The van der Waals surface area contributed by atoms with Gasteiger partial charge in [-0.15, -0.1) is 23.8 Å². The third-order valence-corrected chi connectivity index (χ3v) is 9.18. The zero-order valence-electron chi connectivity index (χ0n) is 25.8. The molecule has 0 unspecified atom stereocenters. The molecule has 47 heavy (non-hydrogen) atoms. The second-order valence-electron chi connectivity index (χ2n) is 11.9. The van der Waals surface area contributed by atoms with Gasteiger partial charge in [-0.3, -0.25) is 9.55 Å². The Labute approximate surface area is 287 Å². The molecule has 0 amide bonds. The smallest absolute Gasteiger partial charge is 0.667 e. The maximum Gasteiger partial charge on any atom is 2.00 e. The summed E-state index contributed by atoms with van der Waals surface area (Å²) >= 11 is 0. The minimum Gasteiger partial charge on any atom is -0.667 e. The van der Waals surface area contributed by atoms with E-state index in [2.05, 4.69) is 146 Å². The third-order valence-electron chi connectivity index (χ3n) is 9.18. The molecule has 0 saturated heterocycles. The molecule has 5 heteroatoms. The van der Waals surface area contributed by atoms with Gasteiger partial charge in [-0.2, -0.15) is 11.2 Å². The first-order valence-electron chi connectivity index (χ1n) is 15.5. The molecule has 0 atom stereocenters. The van der Waals surface area contributed by atoms with Crippen molar-refractivity contribution >= 4 is 43.6 Å². The minimum absolute atomic E-state index is 0. The maximum atomic E-state index is 5.26. The van der Waals surface area contributed by atoms with E-state index in [0.717, 1.165) is 72.5 Å². The molecule has 0 saturated carbocycles. The number of aromatic nitrogens is 4. The van der Waals surface area contributed by atoms with E-state index in [-0.39, 0.29) is 21.1 Å². The number of para-hydroxylation sites is 2. The van der Waals surface area contributed by atoms with Crippen molar-refractivity contribution in [1.29, 1.82) is 0 Å². The maximum absolute atomic E-state index is 5.26. The van der Waals surface area contributed by atoms with Crippen molar-refractivity contribution in [1.82, 2.24) is 19.5 Å². The van der Waals surface area contributed by atoms with Gasteiger partial charge < -0.3 is 4.98 Å². The van der Waals surface area contributed by atoms with Crippen molar-refractivity contribution < 1.29 is 21.1 Å². The molecule has 0 N–H and O–H groups in total. The fourth-order valence-corrected chi connectivity index (χ4v) is 6.74. The topological polar surface area (TPSA) is 44.8 Å². The van der Waals surface area contributed by atoms with E-state index in [1.165, 1.54) is 21.7 Å². The Morgan fingerprint density at radius 3 is 2.32 bits per heavy atom. The van der Waals surface area contributed by atoms with Gasteiger partial charge in [0.05, 0.1) is 5.52 Å². The van der Waals surface area contributed by atoms with E-state index >= 15 is 0 Å². The van der Waals surface area contributed by atoms with E-state index < -0.39 is 0 Å². The van der Waals surface area contributed by atoms with Crippen LogP contribution in [0, 0.1) is 19.9 Å². The quantitative estimate of drug-likeness (QED) is 0.167. The monoisotopic (exact) mass is 783 g/mol. The molecular formula is C42H28N4Pt. The van der Waals surface area contributed by atoms with Crippen LogP contribution in [0.2, 0.25) is 0 Å². The summed E-state index contributed by atoms with van der Waals surface area (Å²) in [6, 6.07) is 48.5. The Hall–Kier alpha value is -5.31. The van der Waals surface area contributed by atoms with Crippen LogP contribution in [0.3, 0.4) is 0 Å². The van der Waals surface area contributed by atoms with Crippen LogP contribution in [0.25, 0.3) is 82.9 Å². The van der Waals surface area contributed by atoms with Crippen LogP contribution >= 0.6 is 0 Å². The number of hydrogen-bond acceptors (Lipinski definition) is 2. The van der Waals surface area contributed by atoms with E-state index in [1.807, 2.05) is 12.3 Å². The van der Waals surface area contributed by atoms with Gasteiger partial charge in [0.1, 0.15) is 11.5 Å². The fourth-order valence-electron chi connectivity index (χ4n) is 6.74. The van der Waals surface area contributed by atoms with Crippen molar-refractivity contribution in [2.45, 2.75) is 13.8 Å². The molecule has 0 fully saturated rings. The third kappa shape index (κ3) is 4.80. The van der Waals surface area contributed by atoms with E-state index in [9.17, 15) is 0 Å². The predicted molar refractivity (Wildman–Crippen MR) is 189 cm³/mol. The SMILES string of the molecule is Cc1[n-]c2c(-c3[c-]c(-c4cccc(-n5c6ccccc6c6cccnc65)n4)cc(-c4ccc5ccccc5c4)c3)cccc2c1C.[Pt+2]. The zero-order chi connectivity index (χ0) is 30.8. The Kier molecular flexibility index (Phi) is 7.12. The summed E-state index contributed by atoms with van der Waals surface area (Å²) in [7, 11) is 0. The van der Waals surface area contributed by atoms with Crippen LogP contribution in [0.5, 0.6) is 0 Å². The Balaban J connectivity index is 0.00000324. The summed E-state index contributed by atoms with van der Waals surface area (Å²) in [6.07, 6.45) is 1.84. The van der Waals surface area contributed by atoms with Crippen molar-refractivity contribution in [3.8, 4) is 39.3 Å². The summed E-state index contributed by atoms with van der Waals surface area (Å²) in [5, 5.41) is 5.88. The molecule has 226 valence electrons. The Bertz CT molecular complexity index is 2570. The average Bonchev–Trinajstić information content (AvgIpc) is 3.61. The average molecular weight is 784 g/mol. The number of fused-ring (bicyclic) bond motifs is 5. The number of pyridine rings is 2. The van der Waals surface area contributed by atoms with Crippen molar-refractivity contribution in [3.05, 3.63) is 151 Å². The molecule has 0 aliphatic carbocycles. The summed E-state index contributed by atoms with van der Waals surface area (Å²) < 4.78 is 2.16. The van der Waals surface area contributed by atoms with Gasteiger partial charge >= 0.3 is 21.1 Å². The molecule has 5 aromatic carbocycles. The number of rotatable bonds is 4. The van der Waals surface area contributed by atoms with Gasteiger partial charge in [-0.1, -0.05) is 114 Å². The first-order valence-corrected chi connectivity index (χ1v) is 15.5. The molecule has 4 nitrogen and oxygen atoms in total. The number of hydrogen-bond donors (Lipinski definition) is 0. The summed E-state index contributed by atoms with van der Waals surface area (Å²) in [4.78, 5) is 15.0. The van der Waals surface area contributed by atoms with Crippen LogP contribution in [0.4, 0.5) is 0 Å². The van der Waals surface area contributed by atoms with E-state index in [1.54, 1.807) is 0 Å². The number of benzene rings is 5. The van der Waals surface area contributed by atoms with Gasteiger partial charge in [-0.05, 0) is 59.0 Å². The Morgan fingerprint density at radius 2 is 1.40 bits per heavy atom. The van der Waals surface area contributed by atoms with Crippen LogP contribution in [-0.2, 0) is 21.1 Å². The van der Waals surface area contributed by atoms with Crippen molar-refractivity contribution in [2.24, 2.45) is 0 Å². The zero-order valence-corrected chi connectivity index (χ0v) is 28.1. The second-order valence-corrected chi connectivity index (χ2v) is 11.9. The van der Waals surface area contributed by atoms with Crippen LogP contribution in [-0.4, -0.2) is 14.5 Å². The molecule has 0 aliphatic rings. The first-order chi connectivity index (χ1) is 22.6. The molecular weight excluding hydrogens is 756 g/mol. The molecule has 4 aromatic heterocycles. The largest absolute Gasteiger partial charge is 2.00 e. The molecule has 0 spiro atoms. The summed E-state index contributed by atoms with van der Waals surface area (Å²) in [6.45, 7) is 4.23. The minimum atomic E-state index is 0. The summed E-state index contributed by atoms with van der Waals surface area (Å²) in [5.41, 5.74) is 11.3. The molecule has 4 heterocycles. The molecule has 0 bridgehead atoms. The van der Waals surface area contributed by atoms with Crippen LogP contribution in [0.15, 0.2) is 134 Å². The molecule has 0 aliphatic heterocycles. The molecule has 9 rings (SSSR count). The second kappa shape index (κ2) is 11.5. The van der Waals surface area contributed by atoms with E-state index in [0.29, 0.717) is 0 Å². The van der Waals surface area contributed by atoms with Gasteiger partial charge in [-0.25, -0.2) is 4.98 Å². The van der Waals surface area contributed by atoms with Gasteiger partial charge in [0.15, 0.2) is 0 Å². The first kappa shape index (κ1) is 29.1. The summed E-state index contributed by atoms with van der Waals surface area (Å²) in [5.74, 6) is 0.819. The standard InChI is InChI=1S/C42H28N4.Pt/c1-26-27(2)44-41-34(26)13-7-14-35(41)32-23-31(30-20-19-28-10-3-4-11-29(28)22-30)24-33(25-32)38-16-8-18-40(45-38)46-39-17-6-5-12-36(39)37-15-9-21-43-42(37)46;/h3-24H,1-2H3;/q-2;+2. The van der Waals surface area contributed by atoms with Gasteiger partial charge in [0.2, 0.25) is 0 Å². The van der Waals surface area contributed by atoms with Gasteiger partial charge in [0, 0.05) is 22.7 Å². The molecule has 9 aromatic rings. The normalized spacial score (nSPS) is 11.4. The number of aryl methyl sites for hydroxylation is 2. The van der Waals surface area contributed by atoms with Gasteiger partial charge in [0.25, 0.3) is 0 Å². The van der Waals surface area contributed by atoms with Crippen LogP contribution < -0.4 is 4.98 Å². The van der Waals surface area contributed by atoms with Crippen molar-refractivity contribution in [2.75, 3.05) is 0 Å². The van der Waals surface area contributed by atoms with Crippen LogP contribution in [0.1, 0.15) is 11.3 Å². The molecule has 0 radical (unpaired) electrons. The Morgan fingerprint density at radius 1 is 0.638 bits per heavy atom. The predicted octanol–water partition coefficient (Wildman–Crippen LogP) is 10.3. The van der Waals surface area contributed by atoms with Crippen molar-refractivity contribution in [3.63, 3.8) is 0 Å². The van der Waals surface area contributed by atoms with E-state index in [4.69, 9.17) is 15.0 Å².